The van der Waals surface area contributed by atoms with Gasteiger partial charge in [-0.1, -0.05) is 84.9 Å². The lowest BCUT2D eigenvalue weighted by atomic mass is 10.0. The van der Waals surface area contributed by atoms with Gasteiger partial charge in [0.2, 0.25) is 11.9 Å². The number of hydrogen-bond donors (Lipinski definition) is 2. The first-order valence-electron chi connectivity index (χ1n) is 11.2. The molecule has 1 aromatic heterocycles. The summed E-state index contributed by atoms with van der Waals surface area (Å²) in [5, 5.41) is 15.1. The first kappa shape index (κ1) is 21.9. The van der Waals surface area contributed by atoms with Crippen LogP contribution < -0.4 is 10.6 Å². The van der Waals surface area contributed by atoms with Crippen LogP contribution in [-0.2, 0) is 23.1 Å². The van der Waals surface area contributed by atoms with E-state index in [1.165, 1.54) is 0 Å². The van der Waals surface area contributed by atoms with Crippen LogP contribution in [0.2, 0.25) is 0 Å². The van der Waals surface area contributed by atoms with Crippen LogP contribution in [0, 0.1) is 0 Å². The summed E-state index contributed by atoms with van der Waals surface area (Å²) in [5.41, 5.74) is 2.13. The molecule has 172 valence electrons. The fourth-order valence-corrected chi connectivity index (χ4v) is 4.85. The molecular weight excluding hydrogens is 446 g/mol. The second kappa shape index (κ2) is 9.15. The molecule has 0 spiro atoms. The van der Waals surface area contributed by atoms with Gasteiger partial charge in [0.25, 0.3) is 10.0 Å². The van der Waals surface area contributed by atoms with Crippen molar-refractivity contribution in [3.05, 3.63) is 96.1 Å². The molecule has 0 atom stereocenters. The molecule has 7 nitrogen and oxygen atoms in total. The molecule has 2 N–H and O–H groups in total. The summed E-state index contributed by atoms with van der Waals surface area (Å²) in [7, 11) is -3.63. The van der Waals surface area contributed by atoms with E-state index in [1.807, 2.05) is 48.5 Å². The highest BCUT2D eigenvalue weighted by Gasteiger charge is 2.20. The van der Waals surface area contributed by atoms with E-state index in [4.69, 9.17) is 0 Å². The van der Waals surface area contributed by atoms with E-state index in [-0.39, 0.29) is 17.6 Å². The molecule has 1 heterocycles. The average Bonchev–Trinajstić information content (AvgIpc) is 3.30. The highest BCUT2D eigenvalue weighted by molar-refractivity contribution is 7.89. The topological polar surface area (TPSA) is 88.9 Å². The van der Waals surface area contributed by atoms with Crippen molar-refractivity contribution in [3.8, 4) is 0 Å². The van der Waals surface area contributed by atoms with Gasteiger partial charge in [0.05, 0.1) is 5.75 Å². The molecule has 5 aromatic rings. The van der Waals surface area contributed by atoms with Crippen LogP contribution in [-0.4, -0.2) is 28.3 Å². The van der Waals surface area contributed by atoms with Crippen molar-refractivity contribution in [1.82, 2.24) is 14.2 Å². The second-order valence-electron chi connectivity index (χ2n) is 7.99. The Bertz CT molecular complexity index is 1570. The van der Waals surface area contributed by atoms with Crippen LogP contribution in [0.4, 0.5) is 11.9 Å². The van der Waals surface area contributed by atoms with Crippen molar-refractivity contribution < 1.29 is 8.42 Å². The molecule has 0 aliphatic heterocycles. The minimum Gasteiger partial charge on any atom is -0.349 e. The average molecular weight is 472 g/mol. The van der Waals surface area contributed by atoms with Gasteiger partial charge in [0.1, 0.15) is 0 Å². The summed E-state index contributed by atoms with van der Waals surface area (Å²) in [6.45, 7) is 2.48. The lowest BCUT2D eigenvalue weighted by molar-refractivity contribution is 0.582. The third-order valence-corrected chi connectivity index (χ3v) is 7.35. The largest absolute Gasteiger partial charge is 0.349 e. The quantitative estimate of drug-likeness (QED) is 0.331. The van der Waals surface area contributed by atoms with Gasteiger partial charge in [0.15, 0.2) is 0 Å². The minimum absolute atomic E-state index is 0.0813. The number of rotatable bonds is 8. The highest BCUT2D eigenvalue weighted by Crippen LogP contribution is 2.22. The van der Waals surface area contributed by atoms with Crippen molar-refractivity contribution in [1.29, 1.82) is 0 Å². The highest BCUT2D eigenvalue weighted by atomic mass is 32.2. The van der Waals surface area contributed by atoms with Gasteiger partial charge in [-0.25, -0.2) is 8.42 Å². The molecule has 0 radical (unpaired) electrons. The summed E-state index contributed by atoms with van der Waals surface area (Å²) >= 11 is 0. The molecule has 0 saturated heterocycles. The van der Waals surface area contributed by atoms with E-state index in [1.54, 1.807) is 6.92 Å². The van der Waals surface area contributed by atoms with Gasteiger partial charge >= 0.3 is 0 Å². The normalized spacial score (nSPS) is 11.7. The number of fused-ring (bicyclic) bond motifs is 2. The molecule has 0 aliphatic carbocycles. The number of nitrogens with zero attached hydrogens (tertiary/aromatic N) is 3. The predicted molar refractivity (Wildman–Crippen MR) is 137 cm³/mol. The fraction of sp³-hybridized carbons (Fsp3) is 0.154. The lowest BCUT2D eigenvalue weighted by Crippen LogP contribution is -2.19. The van der Waals surface area contributed by atoms with Gasteiger partial charge in [-0.05, 0) is 39.6 Å². The van der Waals surface area contributed by atoms with Gasteiger partial charge < -0.3 is 10.6 Å². The Morgan fingerprint density at radius 3 is 1.85 bits per heavy atom. The van der Waals surface area contributed by atoms with Gasteiger partial charge in [-0.2, -0.15) is 4.98 Å². The van der Waals surface area contributed by atoms with Crippen molar-refractivity contribution in [3.63, 3.8) is 0 Å². The van der Waals surface area contributed by atoms with E-state index in [2.05, 4.69) is 57.1 Å². The maximum absolute atomic E-state index is 12.7. The molecule has 0 bridgehead atoms. The van der Waals surface area contributed by atoms with Crippen LogP contribution in [0.3, 0.4) is 0 Å². The Morgan fingerprint density at radius 2 is 1.26 bits per heavy atom. The van der Waals surface area contributed by atoms with Crippen LogP contribution in [0.25, 0.3) is 21.5 Å². The summed E-state index contributed by atoms with van der Waals surface area (Å²) in [5.74, 6) is 0.364. The SMILES string of the molecule is CCS(=O)(=O)n1nc(NCc2cccc3ccccc23)nc1NCc1cccc2ccccc12. The van der Waals surface area contributed by atoms with Crippen molar-refractivity contribution in [2.24, 2.45) is 0 Å². The Balaban J connectivity index is 1.41. The van der Waals surface area contributed by atoms with Gasteiger partial charge in [-0.15, -0.1) is 9.19 Å². The Kier molecular flexibility index (Phi) is 5.90. The van der Waals surface area contributed by atoms with Crippen LogP contribution in [0.15, 0.2) is 84.9 Å². The second-order valence-corrected chi connectivity index (χ2v) is 10.1. The fourth-order valence-electron chi connectivity index (χ4n) is 4.04. The summed E-state index contributed by atoms with van der Waals surface area (Å²) in [6, 6.07) is 28.4. The third-order valence-electron chi connectivity index (χ3n) is 5.84. The monoisotopic (exact) mass is 471 g/mol. The standard InChI is InChI=1S/C26H25N5O2S/c1-2-34(32,33)31-26(28-18-22-14-8-12-20-10-4-6-16-24(20)22)29-25(30-31)27-17-21-13-7-11-19-9-3-5-15-23(19)21/h3-16H,2,17-18H2,1H3,(H2,27,28,29,30). The van der Waals surface area contributed by atoms with Crippen LogP contribution >= 0.6 is 0 Å². The zero-order chi connectivity index (χ0) is 23.5. The number of nitrogens with one attached hydrogen (secondary N) is 2. The van der Waals surface area contributed by atoms with E-state index in [9.17, 15) is 8.42 Å². The van der Waals surface area contributed by atoms with E-state index < -0.39 is 10.0 Å². The van der Waals surface area contributed by atoms with Crippen molar-refractivity contribution >= 4 is 43.5 Å². The van der Waals surface area contributed by atoms with Crippen molar-refractivity contribution in [2.45, 2.75) is 20.0 Å². The Labute approximate surface area is 198 Å². The van der Waals surface area contributed by atoms with Gasteiger partial charge in [0, 0.05) is 13.1 Å². The number of aromatic nitrogens is 3. The molecule has 0 fully saturated rings. The van der Waals surface area contributed by atoms with Crippen molar-refractivity contribution in [2.75, 3.05) is 16.4 Å². The molecule has 0 aliphatic rings. The first-order valence-corrected chi connectivity index (χ1v) is 12.8. The third kappa shape index (κ3) is 4.32. The Morgan fingerprint density at radius 1 is 0.735 bits per heavy atom. The first-order chi connectivity index (χ1) is 16.5. The summed E-state index contributed by atoms with van der Waals surface area (Å²) in [4.78, 5) is 4.47. The van der Waals surface area contributed by atoms with Gasteiger partial charge in [-0.3, -0.25) is 0 Å². The maximum atomic E-state index is 12.7. The number of benzene rings is 4. The Hall–Kier alpha value is -3.91. The molecule has 0 unspecified atom stereocenters. The van der Waals surface area contributed by atoms with E-state index in [0.717, 1.165) is 36.8 Å². The smallest absolute Gasteiger partial charge is 0.256 e. The number of anilines is 2. The molecule has 5 rings (SSSR count). The summed E-state index contributed by atoms with van der Waals surface area (Å²) < 4.78 is 26.4. The summed E-state index contributed by atoms with van der Waals surface area (Å²) in [6.07, 6.45) is 0. The molecule has 34 heavy (non-hydrogen) atoms. The lowest BCUT2D eigenvalue weighted by Gasteiger charge is -2.09. The molecular formula is C26H25N5O2S. The molecule has 8 heteroatoms. The van der Waals surface area contributed by atoms with E-state index in [0.29, 0.717) is 13.1 Å². The zero-order valence-electron chi connectivity index (χ0n) is 18.8. The predicted octanol–water partition coefficient (Wildman–Crippen LogP) is 5.01. The number of hydrogen-bond acceptors (Lipinski definition) is 6. The van der Waals surface area contributed by atoms with Crippen LogP contribution in [0.5, 0.6) is 0 Å². The molecule has 0 saturated carbocycles. The minimum atomic E-state index is -3.63. The molecule has 0 amide bonds. The molecule has 4 aromatic carbocycles. The zero-order valence-corrected chi connectivity index (χ0v) is 19.6. The van der Waals surface area contributed by atoms with Crippen LogP contribution in [0.1, 0.15) is 18.1 Å². The van der Waals surface area contributed by atoms with E-state index >= 15 is 0 Å². The maximum Gasteiger partial charge on any atom is 0.256 e.